The summed E-state index contributed by atoms with van der Waals surface area (Å²) in [7, 11) is 1.65. The molecule has 0 saturated carbocycles. The number of rotatable bonds is 5. The van der Waals surface area contributed by atoms with Crippen molar-refractivity contribution < 1.29 is 9.53 Å². The number of benzene rings is 1. The highest BCUT2D eigenvalue weighted by atomic mass is 32.2. The van der Waals surface area contributed by atoms with Crippen LogP contribution in [0.5, 0.6) is 5.75 Å². The van der Waals surface area contributed by atoms with Gasteiger partial charge in [0.15, 0.2) is 5.13 Å². The van der Waals surface area contributed by atoms with Crippen LogP contribution in [0, 0.1) is 0 Å². The molecule has 1 aliphatic rings. The number of nitrogens with zero attached hydrogens (tertiary/aromatic N) is 3. The summed E-state index contributed by atoms with van der Waals surface area (Å²) in [4.78, 5) is 21.9. The number of thioether (sulfide) groups is 1. The zero-order chi connectivity index (χ0) is 16.1. The number of thiazole rings is 1. The second-order valence-electron chi connectivity index (χ2n) is 5.15. The SMILES string of the molecule is COc1cccc(SCC(=O)N2CCN(c3nccs3)CC2)c1. The van der Waals surface area contributed by atoms with E-state index in [2.05, 4.69) is 9.88 Å². The quantitative estimate of drug-likeness (QED) is 0.777. The molecule has 0 N–H and O–H groups in total. The van der Waals surface area contributed by atoms with Crippen molar-refractivity contribution in [2.45, 2.75) is 4.90 Å². The van der Waals surface area contributed by atoms with Crippen molar-refractivity contribution in [2.75, 3.05) is 43.9 Å². The first-order chi connectivity index (χ1) is 11.3. The number of anilines is 1. The van der Waals surface area contributed by atoms with Gasteiger partial charge in [-0.1, -0.05) is 6.07 Å². The molecule has 0 radical (unpaired) electrons. The van der Waals surface area contributed by atoms with Gasteiger partial charge in [-0.3, -0.25) is 4.79 Å². The van der Waals surface area contributed by atoms with Crippen molar-refractivity contribution in [1.82, 2.24) is 9.88 Å². The Morgan fingerprint density at radius 3 is 2.87 bits per heavy atom. The van der Waals surface area contributed by atoms with Crippen LogP contribution in [-0.2, 0) is 4.79 Å². The number of methoxy groups -OCH3 is 1. The van der Waals surface area contributed by atoms with Gasteiger partial charge < -0.3 is 14.5 Å². The van der Waals surface area contributed by atoms with Gasteiger partial charge in [-0.25, -0.2) is 4.98 Å². The Labute approximate surface area is 144 Å². The molecule has 0 aliphatic carbocycles. The Morgan fingerprint density at radius 1 is 1.35 bits per heavy atom. The van der Waals surface area contributed by atoms with Crippen molar-refractivity contribution in [1.29, 1.82) is 0 Å². The fourth-order valence-corrected chi connectivity index (χ4v) is 3.99. The smallest absolute Gasteiger partial charge is 0.233 e. The molecule has 2 heterocycles. The molecular formula is C16H19N3O2S2. The minimum absolute atomic E-state index is 0.191. The Bertz CT molecular complexity index is 641. The second-order valence-corrected chi connectivity index (χ2v) is 7.07. The molecule has 1 fully saturated rings. The molecule has 0 spiro atoms. The van der Waals surface area contributed by atoms with Gasteiger partial charge in [-0.15, -0.1) is 23.1 Å². The van der Waals surface area contributed by atoms with Crippen LogP contribution in [0.15, 0.2) is 40.7 Å². The molecule has 2 aromatic rings. The van der Waals surface area contributed by atoms with Gasteiger partial charge in [-0.2, -0.15) is 0 Å². The first kappa shape index (κ1) is 16.1. The molecule has 23 heavy (non-hydrogen) atoms. The van der Waals surface area contributed by atoms with Crippen molar-refractivity contribution >= 4 is 34.1 Å². The van der Waals surface area contributed by atoms with E-state index in [9.17, 15) is 4.79 Å². The lowest BCUT2D eigenvalue weighted by molar-refractivity contribution is -0.128. The van der Waals surface area contributed by atoms with Gasteiger partial charge in [0, 0.05) is 42.7 Å². The lowest BCUT2D eigenvalue weighted by atomic mass is 10.3. The number of ether oxygens (including phenoxy) is 1. The van der Waals surface area contributed by atoms with Gasteiger partial charge >= 0.3 is 0 Å². The summed E-state index contributed by atoms with van der Waals surface area (Å²) >= 11 is 3.20. The molecule has 7 heteroatoms. The topological polar surface area (TPSA) is 45.7 Å². The van der Waals surface area contributed by atoms with E-state index in [-0.39, 0.29) is 5.91 Å². The molecule has 0 bridgehead atoms. The lowest BCUT2D eigenvalue weighted by Gasteiger charge is -2.34. The van der Waals surface area contributed by atoms with Crippen molar-refractivity contribution in [3.05, 3.63) is 35.8 Å². The summed E-state index contributed by atoms with van der Waals surface area (Å²) in [6.07, 6.45) is 1.82. The third-order valence-electron chi connectivity index (χ3n) is 3.73. The maximum atomic E-state index is 12.4. The molecule has 3 rings (SSSR count). The standard InChI is InChI=1S/C16H19N3O2S2/c1-21-13-3-2-4-14(11-13)23-12-15(20)18-6-8-19(9-7-18)16-17-5-10-22-16/h2-5,10-11H,6-9,12H2,1H3. The zero-order valence-corrected chi connectivity index (χ0v) is 14.6. The van der Waals surface area contributed by atoms with E-state index in [4.69, 9.17) is 4.74 Å². The molecule has 122 valence electrons. The fourth-order valence-electron chi connectivity index (χ4n) is 2.45. The summed E-state index contributed by atoms with van der Waals surface area (Å²) in [5, 5.41) is 3.03. The number of amides is 1. The minimum atomic E-state index is 0.191. The van der Waals surface area contributed by atoms with E-state index in [1.165, 1.54) is 0 Å². The van der Waals surface area contributed by atoms with Crippen LogP contribution in [0.2, 0.25) is 0 Å². The summed E-state index contributed by atoms with van der Waals surface area (Å²) in [5.41, 5.74) is 0. The van der Waals surface area contributed by atoms with Crippen molar-refractivity contribution in [2.24, 2.45) is 0 Å². The number of piperazine rings is 1. The maximum absolute atomic E-state index is 12.4. The molecule has 0 unspecified atom stereocenters. The molecule has 0 atom stereocenters. The molecule has 1 aromatic heterocycles. The molecule has 1 aliphatic heterocycles. The monoisotopic (exact) mass is 349 g/mol. The van der Waals surface area contributed by atoms with Gasteiger partial charge in [-0.05, 0) is 18.2 Å². The van der Waals surface area contributed by atoms with Crippen LogP contribution >= 0.6 is 23.1 Å². The lowest BCUT2D eigenvalue weighted by Crippen LogP contribution is -2.49. The van der Waals surface area contributed by atoms with Crippen LogP contribution in [0.25, 0.3) is 0 Å². The largest absolute Gasteiger partial charge is 0.497 e. The Morgan fingerprint density at radius 2 is 2.17 bits per heavy atom. The Kier molecular flexibility index (Phi) is 5.40. The molecule has 1 aromatic carbocycles. The molecular weight excluding hydrogens is 330 g/mol. The van der Waals surface area contributed by atoms with E-state index < -0.39 is 0 Å². The zero-order valence-electron chi connectivity index (χ0n) is 13.0. The number of aromatic nitrogens is 1. The predicted molar refractivity (Wildman–Crippen MR) is 94.6 cm³/mol. The number of carbonyl (C=O) groups is 1. The number of hydrogen-bond donors (Lipinski definition) is 0. The third-order valence-corrected chi connectivity index (χ3v) is 5.54. The summed E-state index contributed by atoms with van der Waals surface area (Å²) in [6.45, 7) is 3.22. The van der Waals surface area contributed by atoms with Crippen LogP contribution in [-0.4, -0.2) is 54.8 Å². The number of carbonyl (C=O) groups excluding carboxylic acids is 1. The van der Waals surface area contributed by atoms with Crippen molar-refractivity contribution in [3.63, 3.8) is 0 Å². The Hall–Kier alpha value is -1.73. The van der Waals surface area contributed by atoms with E-state index in [1.54, 1.807) is 30.2 Å². The van der Waals surface area contributed by atoms with E-state index in [1.807, 2.05) is 40.7 Å². The van der Waals surface area contributed by atoms with Gasteiger partial charge in [0.1, 0.15) is 5.75 Å². The first-order valence-corrected chi connectivity index (χ1v) is 9.32. The van der Waals surface area contributed by atoms with Gasteiger partial charge in [0.25, 0.3) is 0 Å². The average molecular weight is 349 g/mol. The van der Waals surface area contributed by atoms with Crippen LogP contribution in [0.4, 0.5) is 5.13 Å². The van der Waals surface area contributed by atoms with E-state index in [0.29, 0.717) is 5.75 Å². The summed E-state index contributed by atoms with van der Waals surface area (Å²) < 4.78 is 5.21. The maximum Gasteiger partial charge on any atom is 0.233 e. The highest BCUT2D eigenvalue weighted by Crippen LogP contribution is 2.24. The first-order valence-electron chi connectivity index (χ1n) is 7.45. The molecule has 1 saturated heterocycles. The third kappa shape index (κ3) is 4.17. The average Bonchev–Trinajstić information content (AvgIpc) is 3.14. The second kappa shape index (κ2) is 7.70. The Balaban J connectivity index is 1.48. The van der Waals surface area contributed by atoms with Crippen LogP contribution < -0.4 is 9.64 Å². The summed E-state index contributed by atoms with van der Waals surface area (Å²) in [6, 6.07) is 7.81. The fraction of sp³-hybridized carbons (Fsp3) is 0.375. The van der Waals surface area contributed by atoms with Crippen molar-refractivity contribution in [3.8, 4) is 5.75 Å². The molecule has 5 nitrogen and oxygen atoms in total. The van der Waals surface area contributed by atoms with E-state index >= 15 is 0 Å². The summed E-state index contributed by atoms with van der Waals surface area (Å²) in [5.74, 6) is 1.47. The van der Waals surface area contributed by atoms with Crippen LogP contribution in [0.1, 0.15) is 0 Å². The normalized spacial score (nSPS) is 14.8. The van der Waals surface area contributed by atoms with E-state index in [0.717, 1.165) is 42.0 Å². The van der Waals surface area contributed by atoms with Crippen LogP contribution in [0.3, 0.4) is 0 Å². The number of hydrogen-bond acceptors (Lipinski definition) is 6. The highest BCUT2D eigenvalue weighted by Gasteiger charge is 2.22. The van der Waals surface area contributed by atoms with Gasteiger partial charge in [0.2, 0.25) is 5.91 Å². The minimum Gasteiger partial charge on any atom is -0.497 e. The highest BCUT2D eigenvalue weighted by molar-refractivity contribution is 8.00. The van der Waals surface area contributed by atoms with Gasteiger partial charge in [0.05, 0.1) is 12.9 Å². The predicted octanol–water partition coefficient (Wildman–Crippen LogP) is 2.59. The molecule has 1 amide bonds.